The molecule has 1 N–H and O–H groups in total. The number of nitro benzene ring substituents is 1. The molecule has 0 saturated heterocycles. The molecule has 0 amide bonds. The van der Waals surface area contributed by atoms with Crippen molar-refractivity contribution in [2.45, 2.75) is 16.2 Å². The summed E-state index contributed by atoms with van der Waals surface area (Å²) in [6.45, 7) is 0. The van der Waals surface area contributed by atoms with Crippen molar-refractivity contribution in [1.82, 2.24) is 0 Å². The molecule has 6 nitrogen and oxygen atoms in total. The van der Waals surface area contributed by atoms with Gasteiger partial charge in [-0.1, -0.05) is 23.4 Å². The molecule has 25 heavy (non-hydrogen) atoms. The zero-order valence-corrected chi connectivity index (χ0v) is 13.5. The van der Waals surface area contributed by atoms with Gasteiger partial charge in [0.15, 0.2) is 0 Å². The third-order valence-electron chi connectivity index (χ3n) is 2.75. The Morgan fingerprint density at radius 1 is 1.20 bits per heavy atom. The Balaban J connectivity index is 2.43. The van der Waals surface area contributed by atoms with Crippen molar-refractivity contribution in [1.29, 1.82) is 0 Å². The maximum atomic E-state index is 12.2. The highest BCUT2D eigenvalue weighted by Gasteiger charge is 2.32. The van der Waals surface area contributed by atoms with Crippen LogP contribution < -0.4 is 4.74 Å². The average Bonchev–Trinajstić information content (AvgIpc) is 2.48. The fourth-order valence-corrected chi connectivity index (χ4v) is 2.98. The highest BCUT2D eigenvalue weighted by molar-refractivity contribution is 7.99. The van der Waals surface area contributed by atoms with Crippen molar-refractivity contribution in [2.75, 3.05) is 0 Å². The summed E-state index contributed by atoms with van der Waals surface area (Å²) >= 11 is 6.44. The summed E-state index contributed by atoms with van der Waals surface area (Å²) in [7, 11) is 0. The smallest absolute Gasteiger partial charge is 0.478 e. The molecule has 0 aromatic heterocycles. The molecule has 0 bridgehead atoms. The fourth-order valence-electron chi connectivity index (χ4n) is 1.80. The Hall–Kier alpha value is -2.46. The molecule has 0 aliphatic heterocycles. The third kappa shape index (κ3) is 5.00. The van der Waals surface area contributed by atoms with Gasteiger partial charge in [0.2, 0.25) is 0 Å². The fraction of sp³-hybridized carbons (Fsp3) is 0.0714. The van der Waals surface area contributed by atoms with E-state index in [0.717, 1.165) is 12.1 Å². The molecule has 0 spiro atoms. The van der Waals surface area contributed by atoms with E-state index in [9.17, 15) is 28.1 Å². The number of carboxylic acid groups (broad SMARTS) is 1. The zero-order valence-electron chi connectivity index (χ0n) is 11.9. The van der Waals surface area contributed by atoms with Crippen LogP contribution in [0.3, 0.4) is 0 Å². The van der Waals surface area contributed by atoms with Gasteiger partial charge in [0, 0.05) is 9.92 Å². The number of carbonyl (C=O) groups is 1. The number of ether oxygens (including phenoxy) is 1. The van der Waals surface area contributed by atoms with Crippen LogP contribution in [-0.4, -0.2) is 22.4 Å². The van der Waals surface area contributed by atoms with Crippen LogP contribution in [0.5, 0.6) is 5.75 Å². The number of carboxylic acids is 1. The first-order valence-corrected chi connectivity index (χ1v) is 7.51. The average molecular weight is 394 g/mol. The van der Waals surface area contributed by atoms with Crippen LogP contribution in [0.15, 0.2) is 46.2 Å². The van der Waals surface area contributed by atoms with Gasteiger partial charge in [0.25, 0.3) is 5.69 Å². The van der Waals surface area contributed by atoms with Gasteiger partial charge in [-0.2, -0.15) is 0 Å². The van der Waals surface area contributed by atoms with Crippen LogP contribution in [0, 0.1) is 10.1 Å². The van der Waals surface area contributed by atoms with Crippen LogP contribution in [0.1, 0.15) is 10.4 Å². The molecule has 0 heterocycles. The predicted molar refractivity (Wildman–Crippen MR) is 82.3 cm³/mol. The van der Waals surface area contributed by atoms with Gasteiger partial charge in [0.1, 0.15) is 5.75 Å². The quantitative estimate of drug-likeness (QED) is 0.568. The van der Waals surface area contributed by atoms with Crippen molar-refractivity contribution in [3.8, 4) is 5.75 Å². The number of rotatable bonds is 5. The second-order valence-electron chi connectivity index (χ2n) is 4.48. The van der Waals surface area contributed by atoms with Gasteiger partial charge < -0.3 is 9.84 Å². The Kier molecular flexibility index (Phi) is 5.43. The van der Waals surface area contributed by atoms with E-state index in [4.69, 9.17) is 16.7 Å². The monoisotopic (exact) mass is 393 g/mol. The molecule has 0 unspecified atom stereocenters. The summed E-state index contributed by atoms with van der Waals surface area (Å²) in [5.41, 5.74) is -0.847. The topological polar surface area (TPSA) is 89.7 Å². The summed E-state index contributed by atoms with van der Waals surface area (Å²) in [5.74, 6) is -2.05. The molecule has 132 valence electrons. The van der Waals surface area contributed by atoms with E-state index >= 15 is 0 Å². The minimum Gasteiger partial charge on any atom is -0.478 e. The van der Waals surface area contributed by atoms with E-state index in [0.29, 0.717) is 17.8 Å². The molecule has 11 heteroatoms. The van der Waals surface area contributed by atoms with Crippen molar-refractivity contribution < 1.29 is 32.7 Å². The Morgan fingerprint density at radius 3 is 2.40 bits per heavy atom. The molecule has 0 fully saturated rings. The normalized spacial score (nSPS) is 11.2. The largest absolute Gasteiger partial charge is 0.573 e. The minimum atomic E-state index is -4.99. The Morgan fingerprint density at radius 2 is 1.84 bits per heavy atom. The Bertz CT molecular complexity index is 844. The molecule has 2 rings (SSSR count). The van der Waals surface area contributed by atoms with E-state index in [1.165, 1.54) is 18.2 Å². The summed E-state index contributed by atoms with van der Waals surface area (Å²) in [4.78, 5) is 21.6. The van der Waals surface area contributed by atoms with E-state index in [-0.39, 0.29) is 20.4 Å². The first kappa shape index (κ1) is 18.9. The molecule has 0 atom stereocenters. The van der Waals surface area contributed by atoms with Gasteiger partial charge in [-0.3, -0.25) is 10.1 Å². The van der Waals surface area contributed by atoms with Gasteiger partial charge in [-0.25, -0.2) is 4.79 Å². The first-order valence-electron chi connectivity index (χ1n) is 6.31. The second-order valence-corrected chi connectivity index (χ2v) is 6.00. The number of hydrogen-bond donors (Lipinski definition) is 1. The van der Waals surface area contributed by atoms with Gasteiger partial charge in [-0.05, 0) is 30.3 Å². The first-order chi connectivity index (χ1) is 11.6. The number of aromatic carboxylic acids is 1. The molecule has 0 aliphatic rings. The molecule has 0 saturated carbocycles. The minimum absolute atomic E-state index is 0.0515. The van der Waals surface area contributed by atoms with Gasteiger partial charge >= 0.3 is 12.3 Å². The molecular weight excluding hydrogens is 387 g/mol. The van der Waals surface area contributed by atoms with Gasteiger partial charge in [0.05, 0.1) is 21.4 Å². The number of halogens is 4. The molecular formula is C14H7ClF3NO5S. The zero-order chi connectivity index (χ0) is 18.8. The van der Waals surface area contributed by atoms with Crippen molar-refractivity contribution in [3.05, 3.63) is 57.1 Å². The highest BCUT2D eigenvalue weighted by Crippen LogP contribution is 2.39. The summed E-state index contributed by atoms with van der Waals surface area (Å²) < 4.78 is 40.3. The van der Waals surface area contributed by atoms with Crippen LogP contribution in [0.4, 0.5) is 18.9 Å². The predicted octanol–water partition coefficient (Wildman–Crippen LogP) is 5.00. The molecule has 2 aromatic carbocycles. The van der Waals surface area contributed by atoms with Crippen LogP contribution in [-0.2, 0) is 0 Å². The number of benzene rings is 2. The van der Waals surface area contributed by atoms with Crippen LogP contribution in [0.2, 0.25) is 5.02 Å². The number of nitro groups is 1. The van der Waals surface area contributed by atoms with E-state index in [1.54, 1.807) is 0 Å². The van der Waals surface area contributed by atoms with E-state index < -0.39 is 28.7 Å². The molecule has 2 aromatic rings. The van der Waals surface area contributed by atoms with Crippen molar-refractivity contribution in [3.63, 3.8) is 0 Å². The van der Waals surface area contributed by atoms with Crippen molar-refractivity contribution >= 4 is 35.0 Å². The number of hydrogen-bond acceptors (Lipinski definition) is 5. The number of nitrogens with zero attached hydrogens (tertiary/aromatic N) is 1. The van der Waals surface area contributed by atoms with Crippen molar-refractivity contribution in [2.24, 2.45) is 0 Å². The maximum Gasteiger partial charge on any atom is 0.573 e. The standard InChI is InChI=1S/C14H7ClF3NO5S/c15-7-1-3-11(9(5-7)13(20)21)25-12-4-2-8(24-14(16,17)18)6-10(12)19(22)23/h1-6H,(H,20,21). The molecule has 0 aliphatic carbocycles. The summed E-state index contributed by atoms with van der Waals surface area (Å²) in [6.07, 6.45) is -4.99. The summed E-state index contributed by atoms with van der Waals surface area (Å²) in [6, 6.07) is 6.47. The lowest BCUT2D eigenvalue weighted by molar-refractivity contribution is -0.388. The van der Waals surface area contributed by atoms with Crippen LogP contribution >= 0.6 is 23.4 Å². The highest BCUT2D eigenvalue weighted by atomic mass is 35.5. The number of alkyl halides is 3. The lowest BCUT2D eigenvalue weighted by Crippen LogP contribution is -2.17. The maximum absolute atomic E-state index is 12.2. The SMILES string of the molecule is O=C(O)c1cc(Cl)ccc1Sc1ccc(OC(F)(F)F)cc1[N+](=O)[O-]. The third-order valence-corrected chi connectivity index (χ3v) is 4.13. The molecule has 0 radical (unpaired) electrons. The lowest BCUT2D eigenvalue weighted by atomic mass is 10.2. The second kappa shape index (κ2) is 7.19. The Labute approximate surface area is 147 Å². The summed E-state index contributed by atoms with van der Waals surface area (Å²) in [5, 5.41) is 20.4. The lowest BCUT2D eigenvalue weighted by Gasteiger charge is -2.10. The van der Waals surface area contributed by atoms with E-state index in [2.05, 4.69) is 4.74 Å². The van der Waals surface area contributed by atoms with Crippen LogP contribution in [0.25, 0.3) is 0 Å². The van der Waals surface area contributed by atoms with Gasteiger partial charge in [-0.15, -0.1) is 13.2 Å². The van der Waals surface area contributed by atoms with E-state index in [1.807, 2.05) is 0 Å².